The lowest BCUT2D eigenvalue weighted by atomic mass is 10.2. The highest BCUT2D eigenvalue weighted by Crippen LogP contribution is 2.21. The van der Waals surface area contributed by atoms with Gasteiger partial charge in [-0.2, -0.15) is 26.3 Å². The zero-order chi connectivity index (χ0) is 18.0. The van der Waals surface area contributed by atoms with E-state index in [4.69, 9.17) is 4.55 Å². The van der Waals surface area contributed by atoms with Gasteiger partial charge >= 0.3 is 24.3 Å². The third-order valence-corrected chi connectivity index (χ3v) is 1.59. The monoisotopic (exact) mass is 352 g/mol. The first kappa shape index (κ1) is 22.5. The number of halogens is 6. The highest BCUT2D eigenvalue weighted by atomic mass is 32.1. The van der Waals surface area contributed by atoms with E-state index in [9.17, 15) is 35.9 Å². The second kappa shape index (κ2) is 10.1. The number of hydrogen-bond donors (Lipinski definition) is 2. The van der Waals surface area contributed by atoms with Crippen molar-refractivity contribution in [2.75, 3.05) is 0 Å². The van der Waals surface area contributed by atoms with Crippen molar-refractivity contribution in [2.45, 2.75) is 19.3 Å². The van der Waals surface area contributed by atoms with Gasteiger partial charge in [-0.1, -0.05) is 35.9 Å². The zero-order valence-corrected chi connectivity index (χ0v) is 11.7. The summed E-state index contributed by atoms with van der Waals surface area (Å²) in [6.07, 6.45) is -11.2. The summed E-state index contributed by atoms with van der Waals surface area (Å²) in [5.41, 5.74) is 1.32. The zero-order valence-electron chi connectivity index (χ0n) is 10.8. The van der Waals surface area contributed by atoms with Crippen LogP contribution in [0, 0.1) is 6.92 Å². The SMILES string of the molecule is Cc1ccccc1.O=C(OC(=O)C(F)(F)F)C(F)(F)F.OS. The molecule has 0 aliphatic heterocycles. The van der Waals surface area contributed by atoms with Crippen molar-refractivity contribution in [3.05, 3.63) is 35.9 Å². The summed E-state index contributed by atoms with van der Waals surface area (Å²) < 4.78 is 76.4. The van der Waals surface area contributed by atoms with Gasteiger partial charge in [0, 0.05) is 0 Å². The van der Waals surface area contributed by atoms with Gasteiger partial charge in [0.15, 0.2) is 0 Å². The lowest BCUT2D eigenvalue weighted by Crippen LogP contribution is -2.34. The number of carbonyl (C=O) groups excluding carboxylic acids is 2. The molecule has 1 N–H and O–H groups in total. The quantitative estimate of drug-likeness (QED) is 0.246. The summed E-state index contributed by atoms with van der Waals surface area (Å²) in [4.78, 5) is 19.3. The van der Waals surface area contributed by atoms with Crippen LogP contribution in [0.5, 0.6) is 0 Å². The number of alkyl halides is 6. The molecule has 0 fully saturated rings. The van der Waals surface area contributed by atoms with Gasteiger partial charge < -0.3 is 9.29 Å². The number of ether oxygens (including phenoxy) is 1. The standard InChI is InChI=1S/C7H8.C4F6O3.H2OS/c1-7-5-3-2-4-6-7;5-3(6,7)1(11)13-2(12)4(8,9)10;1-2/h2-6H,1H3;;1-2H. The molecule has 0 bridgehead atoms. The Hall–Kier alpha value is -1.75. The van der Waals surface area contributed by atoms with Gasteiger partial charge in [-0.05, 0) is 19.8 Å². The van der Waals surface area contributed by atoms with Gasteiger partial charge in [0.05, 0.1) is 0 Å². The third kappa shape index (κ3) is 11.0. The molecule has 0 unspecified atom stereocenters. The smallest absolute Gasteiger partial charge is 0.380 e. The fraction of sp³-hybridized carbons (Fsp3) is 0.273. The maximum Gasteiger partial charge on any atom is 0.491 e. The van der Waals surface area contributed by atoms with E-state index in [-0.39, 0.29) is 0 Å². The van der Waals surface area contributed by atoms with Gasteiger partial charge in [0.2, 0.25) is 0 Å². The molecular formula is C11H10F6O4S. The molecule has 0 aliphatic rings. The van der Waals surface area contributed by atoms with E-state index in [2.05, 4.69) is 36.7 Å². The Labute approximate surface area is 126 Å². The molecule has 0 aliphatic carbocycles. The van der Waals surface area contributed by atoms with Crippen LogP contribution in [0.25, 0.3) is 0 Å². The molecule has 0 aromatic heterocycles. The molecule has 1 aromatic rings. The molecule has 22 heavy (non-hydrogen) atoms. The number of thiol groups is 1. The van der Waals surface area contributed by atoms with Crippen LogP contribution >= 0.6 is 12.9 Å². The minimum atomic E-state index is -5.62. The van der Waals surface area contributed by atoms with Crippen LogP contribution < -0.4 is 0 Å². The molecule has 1 rings (SSSR count). The first-order valence-corrected chi connectivity index (χ1v) is 5.46. The van der Waals surface area contributed by atoms with Crippen LogP contribution in [0.4, 0.5) is 26.3 Å². The molecule has 11 heteroatoms. The van der Waals surface area contributed by atoms with Crippen LogP contribution in [0.3, 0.4) is 0 Å². The Morgan fingerprint density at radius 1 is 0.909 bits per heavy atom. The number of benzene rings is 1. The highest BCUT2D eigenvalue weighted by Gasteiger charge is 2.49. The second-order valence-electron chi connectivity index (χ2n) is 3.33. The Kier molecular flexibility index (Phi) is 10.3. The number of esters is 2. The minimum Gasteiger partial charge on any atom is -0.380 e. The largest absolute Gasteiger partial charge is 0.491 e. The van der Waals surface area contributed by atoms with Crippen molar-refractivity contribution >= 4 is 24.8 Å². The van der Waals surface area contributed by atoms with E-state index in [1.807, 2.05) is 18.2 Å². The second-order valence-corrected chi connectivity index (χ2v) is 3.33. The molecule has 0 amide bonds. The normalized spacial score (nSPS) is 10.4. The minimum absolute atomic E-state index is 1.32. The maximum absolute atomic E-state index is 11.2. The highest BCUT2D eigenvalue weighted by molar-refractivity contribution is 7.74. The molecule has 126 valence electrons. The average Bonchev–Trinajstić information content (AvgIpc) is 2.40. The number of aryl methyl sites for hydroxylation is 1. The third-order valence-electron chi connectivity index (χ3n) is 1.59. The van der Waals surface area contributed by atoms with Crippen LogP contribution in [0.15, 0.2) is 30.3 Å². The molecule has 0 atom stereocenters. The van der Waals surface area contributed by atoms with Crippen molar-refractivity contribution < 1.29 is 45.2 Å². The lowest BCUT2D eigenvalue weighted by Gasteiger charge is -2.06. The van der Waals surface area contributed by atoms with Gasteiger partial charge in [-0.3, -0.25) is 0 Å². The van der Waals surface area contributed by atoms with E-state index >= 15 is 0 Å². The Balaban J connectivity index is 0. The first-order valence-electron chi connectivity index (χ1n) is 5.06. The first-order chi connectivity index (χ1) is 9.94. The Morgan fingerprint density at radius 2 is 1.23 bits per heavy atom. The molecule has 4 nitrogen and oxygen atoms in total. The fourth-order valence-electron chi connectivity index (χ4n) is 0.734. The molecule has 0 spiro atoms. The summed E-state index contributed by atoms with van der Waals surface area (Å²) in [6.45, 7) is 2.08. The van der Waals surface area contributed by atoms with Crippen molar-refractivity contribution in [3.8, 4) is 0 Å². The fourth-order valence-corrected chi connectivity index (χ4v) is 0.734. The molecule has 0 saturated carbocycles. The molecule has 0 heterocycles. The molecular weight excluding hydrogens is 342 g/mol. The van der Waals surface area contributed by atoms with E-state index in [0.29, 0.717) is 0 Å². The van der Waals surface area contributed by atoms with Crippen LogP contribution in [-0.4, -0.2) is 28.8 Å². The lowest BCUT2D eigenvalue weighted by molar-refractivity contribution is -0.221. The summed E-state index contributed by atoms with van der Waals surface area (Å²) in [5.74, 6) is -6.40. The van der Waals surface area contributed by atoms with Gasteiger partial charge in [0.25, 0.3) is 0 Å². The van der Waals surface area contributed by atoms with Crippen molar-refractivity contribution in [1.82, 2.24) is 0 Å². The van der Waals surface area contributed by atoms with E-state index < -0.39 is 24.3 Å². The maximum atomic E-state index is 11.2. The van der Waals surface area contributed by atoms with E-state index in [1.165, 1.54) is 5.56 Å². The van der Waals surface area contributed by atoms with Crippen LogP contribution in [0.2, 0.25) is 0 Å². The Morgan fingerprint density at radius 3 is 1.41 bits per heavy atom. The number of carbonyl (C=O) groups is 2. The van der Waals surface area contributed by atoms with Crippen LogP contribution in [-0.2, 0) is 14.3 Å². The number of rotatable bonds is 0. The summed E-state index contributed by atoms with van der Waals surface area (Å²) in [6, 6.07) is 10.3. The average molecular weight is 352 g/mol. The molecule has 0 radical (unpaired) electrons. The van der Waals surface area contributed by atoms with E-state index in [1.54, 1.807) is 0 Å². The predicted octanol–water partition coefficient (Wildman–Crippen LogP) is 3.57. The Bertz CT molecular complexity index is 434. The van der Waals surface area contributed by atoms with Crippen molar-refractivity contribution in [1.29, 1.82) is 0 Å². The number of hydrogen-bond acceptors (Lipinski definition) is 5. The topological polar surface area (TPSA) is 63.6 Å². The summed E-state index contributed by atoms with van der Waals surface area (Å²) in [5, 5.41) is 0. The van der Waals surface area contributed by atoms with Gasteiger partial charge in [0.1, 0.15) is 0 Å². The van der Waals surface area contributed by atoms with Gasteiger partial charge in [-0.25, -0.2) is 9.59 Å². The van der Waals surface area contributed by atoms with Crippen LogP contribution in [0.1, 0.15) is 5.56 Å². The summed E-state index contributed by atoms with van der Waals surface area (Å²) >= 11 is 2.53. The molecule has 1 aromatic carbocycles. The van der Waals surface area contributed by atoms with E-state index in [0.717, 1.165) is 0 Å². The van der Waals surface area contributed by atoms with Crippen molar-refractivity contribution in [3.63, 3.8) is 0 Å². The predicted molar refractivity (Wildman–Crippen MR) is 66.0 cm³/mol. The van der Waals surface area contributed by atoms with Gasteiger partial charge in [-0.15, -0.1) is 0 Å². The summed E-state index contributed by atoms with van der Waals surface area (Å²) in [7, 11) is 0. The van der Waals surface area contributed by atoms with Crippen molar-refractivity contribution in [2.24, 2.45) is 0 Å². The molecule has 0 saturated heterocycles.